The van der Waals surface area contributed by atoms with E-state index in [4.69, 9.17) is 14.2 Å². The van der Waals surface area contributed by atoms with Gasteiger partial charge in [0.25, 0.3) is 0 Å². The molecular formula is C25H26BrNO5. The Bertz CT molecular complexity index is 1100. The van der Waals surface area contributed by atoms with Gasteiger partial charge in [-0.05, 0) is 30.7 Å². The van der Waals surface area contributed by atoms with E-state index >= 15 is 0 Å². The smallest absolute Gasteiger partial charge is 0.231 e. The number of halogens is 1. The molecule has 0 bridgehead atoms. The molecule has 5 rings (SSSR count). The van der Waals surface area contributed by atoms with Crippen LogP contribution in [-0.2, 0) is 17.9 Å². The van der Waals surface area contributed by atoms with Crippen LogP contribution in [0.3, 0.4) is 0 Å². The molecule has 32 heavy (non-hydrogen) atoms. The zero-order valence-corrected chi connectivity index (χ0v) is 19.8. The normalized spacial score (nSPS) is 25.8. The minimum absolute atomic E-state index is 0.0727. The van der Waals surface area contributed by atoms with E-state index in [-0.39, 0.29) is 24.1 Å². The van der Waals surface area contributed by atoms with Crippen LogP contribution in [0.2, 0.25) is 0 Å². The summed E-state index contributed by atoms with van der Waals surface area (Å²) in [6, 6.07) is 6.91. The lowest BCUT2D eigenvalue weighted by Crippen LogP contribution is -3.13. The van der Waals surface area contributed by atoms with Gasteiger partial charge in [0.2, 0.25) is 5.78 Å². The van der Waals surface area contributed by atoms with Crippen LogP contribution in [0.4, 0.5) is 0 Å². The molecule has 3 aliphatic rings. The third kappa shape index (κ3) is 4.05. The molecule has 0 amide bonds. The first-order valence-electron chi connectivity index (χ1n) is 11.0. The second kappa shape index (κ2) is 8.54. The third-order valence-electron chi connectivity index (χ3n) is 6.39. The van der Waals surface area contributed by atoms with Crippen LogP contribution in [0, 0.1) is 11.8 Å². The summed E-state index contributed by atoms with van der Waals surface area (Å²) in [5.41, 5.74) is 2.69. The molecule has 0 aliphatic carbocycles. The molecule has 1 fully saturated rings. The molecule has 1 N–H and O–H groups in total. The summed E-state index contributed by atoms with van der Waals surface area (Å²) in [5, 5.41) is 12.8. The van der Waals surface area contributed by atoms with Gasteiger partial charge in [-0.1, -0.05) is 41.6 Å². The highest BCUT2D eigenvalue weighted by atomic mass is 79.9. The highest BCUT2D eigenvalue weighted by Gasteiger charge is 2.33. The first-order valence-corrected chi connectivity index (χ1v) is 11.8. The number of ether oxygens (including phenoxy) is 3. The lowest BCUT2D eigenvalue weighted by Gasteiger charge is -2.33. The molecule has 7 heteroatoms. The molecule has 1 saturated heterocycles. The summed E-state index contributed by atoms with van der Waals surface area (Å²) < 4.78 is 18.0. The van der Waals surface area contributed by atoms with Crippen LogP contribution in [0.25, 0.3) is 6.08 Å². The van der Waals surface area contributed by atoms with Crippen LogP contribution in [0.1, 0.15) is 47.3 Å². The number of nitrogens with one attached hydrogen (secondary N) is 1. The second-order valence-corrected chi connectivity index (χ2v) is 10.1. The largest absolute Gasteiger partial charge is 0.872 e. The molecule has 2 unspecified atom stereocenters. The van der Waals surface area contributed by atoms with E-state index in [9.17, 15) is 9.90 Å². The topological polar surface area (TPSA) is 72.3 Å². The van der Waals surface area contributed by atoms with Gasteiger partial charge in [-0.25, -0.2) is 0 Å². The van der Waals surface area contributed by atoms with Crippen molar-refractivity contribution in [1.82, 2.24) is 0 Å². The van der Waals surface area contributed by atoms with Crippen molar-refractivity contribution in [3.63, 3.8) is 0 Å². The summed E-state index contributed by atoms with van der Waals surface area (Å²) in [6.45, 7) is 7.75. The highest BCUT2D eigenvalue weighted by molar-refractivity contribution is 9.10. The quantitative estimate of drug-likeness (QED) is 0.657. The van der Waals surface area contributed by atoms with Gasteiger partial charge in [0.05, 0.1) is 25.3 Å². The van der Waals surface area contributed by atoms with Gasteiger partial charge >= 0.3 is 0 Å². The third-order valence-corrected chi connectivity index (χ3v) is 6.85. The fraction of sp³-hybridized carbons (Fsp3) is 0.400. The van der Waals surface area contributed by atoms with Crippen molar-refractivity contribution in [1.29, 1.82) is 0 Å². The van der Waals surface area contributed by atoms with E-state index in [1.54, 1.807) is 12.1 Å². The van der Waals surface area contributed by atoms with Crippen molar-refractivity contribution in [3.05, 3.63) is 56.8 Å². The predicted molar refractivity (Wildman–Crippen MR) is 121 cm³/mol. The van der Waals surface area contributed by atoms with Crippen LogP contribution >= 0.6 is 15.9 Å². The maximum atomic E-state index is 13.1. The monoisotopic (exact) mass is 499 g/mol. The molecule has 2 atom stereocenters. The Labute approximate surface area is 195 Å². The van der Waals surface area contributed by atoms with Gasteiger partial charge in [0.15, 0.2) is 12.6 Å². The van der Waals surface area contributed by atoms with Crippen molar-refractivity contribution in [2.75, 3.05) is 19.9 Å². The number of carbonyl (C=O) groups excluding carboxylic acids is 1. The fourth-order valence-electron chi connectivity index (χ4n) is 5.23. The van der Waals surface area contributed by atoms with Crippen molar-refractivity contribution < 1.29 is 29.0 Å². The Hall–Kier alpha value is -2.35. The number of hydrogen-bond donors (Lipinski definition) is 1. The maximum Gasteiger partial charge on any atom is 0.231 e. The van der Waals surface area contributed by atoms with Crippen molar-refractivity contribution >= 4 is 27.8 Å². The van der Waals surface area contributed by atoms with Crippen molar-refractivity contribution in [2.24, 2.45) is 11.8 Å². The summed E-state index contributed by atoms with van der Waals surface area (Å²) in [6.07, 6.45) is 2.91. The standard InChI is InChI=1S/C25H26BrNO5/c1-14-5-15(2)10-27(9-14)11-20-21(28)4-3-19-23(29)22(32-25(19)20)8-16-6-18(26)7-17-12-30-13-31-24(16)17/h3-4,6-8,14-15,28H,5,9-13H2,1-2H3. The minimum Gasteiger partial charge on any atom is -0.872 e. The zero-order chi connectivity index (χ0) is 22.4. The Balaban J connectivity index is 1.48. The maximum absolute atomic E-state index is 13.1. The number of rotatable bonds is 3. The number of allylic oxidation sites excluding steroid dienone is 1. The van der Waals surface area contributed by atoms with Gasteiger partial charge < -0.3 is 24.2 Å². The number of piperidine rings is 1. The minimum atomic E-state index is -0.211. The SMILES string of the molecule is CC1CC(C)C[NH+](Cc2c([O-])ccc3c2OC(=Cc2cc(Br)cc4c2OCOC4)C3=O)C1. The van der Waals surface area contributed by atoms with Crippen LogP contribution in [-0.4, -0.2) is 25.7 Å². The second-order valence-electron chi connectivity index (χ2n) is 9.23. The highest BCUT2D eigenvalue weighted by Crippen LogP contribution is 2.40. The van der Waals surface area contributed by atoms with Gasteiger partial charge in [-0.3, -0.25) is 4.79 Å². The average Bonchev–Trinajstić information content (AvgIpc) is 3.05. The van der Waals surface area contributed by atoms with Gasteiger partial charge in [-0.15, -0.1) is 0 Å². The van der Waals surface area contributed by atoms with E-state index in [1.807, 2.05) is 12.1 Å². The number of quaternary nitrogens is 1. The lowest BCUT2D eigenvalue weighted by molar-refractivity contribution is -0.925. The molecule has 3 heterocycles. The van der Waals surface area contributed by atoms with E-state index < -0.39 is 0 Å². The molecule has 0 aromatic heterocycles. The van der Waals surface area contributed by atoms with Crippen LogP contribution in [0.5, 0.6) is 17.2 Å². The Morgan fingerprint density at radius 2 is 1.97 bits per heavy atom. The molecule has 6 nitrogen and oxygen atoms in total. The van der Waals surface area contributed by atoms with E-state index in [2.05, 4.69) is 29.8 Å². The Kier molecular flexibility index (Phi) is 5.73. The molecule has 0 spiro atoms. The Morgan fingerprint density at radius 1 is 1.19 bits per heavy atom. The Morgan fingerprint density at radius 3 is 2.75 bits per heavy atom. The zero-order valence-electron chi connectivity index (χ0n) is 18.2. The first-order chi connectivity index (χ1) is 15.4. The van der Waals surface area contributed by atoms with E-state index in [0.29, 0.717) is 47.6 Å². The number of ketones is 1. The molecule has 2 aromatic rings. The summed E-state index contributed by atoms with van der Waals surface area (Å²) in [4.78, 5) is 14.5. The van der Waals surface area contributed by atoms with Crippen LogP contribution in [0.15, 0.2) is 34.5 Å². The lowest BCUT2D eigenvalue weighted by atomic mass is 9.91. The number of fused-ring (bicyclic) bond motifs is 2. The van der Waals surface area contributed by atoms with Gasteiger partial charge in [-0.2, -0.15) is 0 Å². The molecule has 3 aliphatic heterocycles. The average molecular weight is 500 g/mol. The van der Waals surface area contributed by atoms with Crippen molar-refractivity contribution in [2.45, 2.75) is 33.4 Å². The summed E-state index contributed by atoms with van der Waals surface area (Å²) in [5.74, 6) is 2.26. The van der Waals surface area contributed by atoms with Gasteiger partial charge in [0.1, 0.15) is 18.0 Å². The molecular weight excluding hydrogens is 474 g/mol. The molecule has 168 valence electrons. The molecule has 0 radical (unpaired) electrons. The number of likely N-dealkylation sites (tertiary alicyclic amines) is 1. The van der Waals surface area contributed by atoms with E-state index in [0.717, 1.165) is 28.7 Å². The number of carbonyl (C=O) groups is 1. The summed E-state index contributed by atoms with van der Waals surface area (Å²) >= 11 is 3.51. The molecule has 2 aromatic carbocycles. The number of benzene rings is 2. The van der Waals surface area contributed by atoms with E-state index in [1.165, 1.54) is 17.4 Å². The fourth-order valence-corrected chi connectivity index (χ4v) is 5.75. The summed E-state index contributed by atoms with van der Waals surface area (Å²) in [7, 11) is 0. The molecule has 0 saturated carbocycles. The van der Waals surface area contributed by atoms with Gasteiger partial charge in [0, 0.05) is 33.0 Å². The number of hydrogen-bond acceptors (Lipinski definition) is 5. The predicted octanol–water partition coefficient (Wildman–Crippen LogP) is 3.07. The van der Waals surface area contributed by atoms with Crippen molar-refractivity contribution in [3.8, 4) is 17.2 Å². The first kappa shape index (κ1) is 21.5. The number of Topliss-reactive ketones (excluding diaryl/α,β-unsaturated/α-hetero) is 1. The van der Waals surface area contributed by atoms with Crippen LogP contribution < -0.4 is 19.5 Å².